The van der Waals surface area contributed by atoms with Crippen LogP contribution >= 0.6 is 0 Å². The third kappa shape index (κ3) is 2.38. The molecular formula is C15H22O2. The van der Waals surface area contributed by atoms with Gasteiger partial charge in [0.25, 0.3) is 0 Å². The van der Waals surface area contributed by atoms with Crippen molar-refractivity contribution in [3.05, 3.63) is 35.4 Å². The van der Waals surface area contributed by atoms with E-state index >= 15 is 0 Å². The Morgan fingerprint density at radius 3 is 2.76 bits per heavy atom. The zero-order chi connectivity index (χ0) is 12.5. The molecule has 2 nitrogen and oxygen atoms in total. The number of aliphatic hydroxyl groups excluding tert-OH is 1. The Morgan fingerprint density at radius 1 is 1.35 bits per heavy atom. The third-order valence-electron chi connectivity index (χ3n) is 4.08. The van der Waals surface area contributed by atoms with Gasteiger partial charge in [-0.15, -0.1) is 0 Å². The maximum Gasteiger partial charge on any atom is 0.0949 e. The summed E-state index contributed by atoms with van der Waals surface area (Å²) in [6.07, 6.45) is 2.77. The van der Waals surface area contributed by atoms with Crippen LogP contribution in [0, 0.1) is 12.8 Å². The molecule has 1 aliphatic carbocycles. The molecule has 17 heavy (non-hydrogen) atoms. The third-order valence-corrected chi connectivity index (χ3v) is 4.08. The minimum Gasteiger partial charge on any atom is -0.393 e. The smallest absolute Gasteiger partial charge is 0.0949 e. The molecule has 1 aromatic rings. The molecule has 0 radical (unpaired) electrons. The molecule has 1 aliphatic rings. The van der Waals surface area contributed by atoms with Gasteiger partial charge in [0.15, 0.2) is 0 Å². The highest BCUT2D eigenvalue weighted by Crippen LogP contribution is 2.43. The maximum atomic E-state index is 10.9. The van der Waals surface area contributed by atoms with Crippen molar-refractivity contribution in [2.75, 3.05) is 0 Å². The van der Waals surface area contributed by atoms with E-state index in [4.69, 9.17) is 0 Å². The van der Waals surface area contributed by atoms with Crippen LogP contribution in [-0.2, 0) is 5.60 Å². The van der Waals surface area contributed by atoms with Crippen LogP contribution < -0.4 is 0 Å². The van der Waals surface area contributed by atoms with Crippen LogP contribution in [0.15, 0.2) is 24.3 Å². The van der Waals surface area contributed by atoms with Crippen LogP contribution in [0.5, 0.6) is 0 Å². The van der Waals surface area contributed by atoms with Gasteiger partial charge in [0.05, 0.1) is 11.7 Å². The van der Waals surface area contributed by atoms with Crippen molar-refractivity contribution in [3.8, 4) is 0 Å². The summed E-state index contributed by atoms with van der Waals surface area (Å²) in [5.41, 5.74) is 1.27. The van der Waals surface area contributed by atoms with E-state index in [9.17, 15) is 10.2 Å². The summed E-state index contributed by atoms with van der Waals surface area (Å²) in [6.45, 7) is 4.15. The zero-order valence-corrected chi connectivity index (χ0v) is 10.7. The second kappa shape index (κ2) is 4.79. The Bertz CT molecular complexity index is 388. The molecule has 2 heteroatoms. The molecule has 0 heterocycles. The van der Waals surface area contributed by atoms with E-state index in [1.165, 1.54) is 0 Å². The molecule has 1 fully saturated rings. The van der Waals surface area contributed by atoms with Crippen LogP contribution in [0.1, 0.15) is 43.7 Å². The summed E-state index contributed by atoms with van der Waals surface area (Å²) >= 11 is 0. The minimum absolute atomic E-state index is 0.257. The molecular weight excluding hydrogens is 212 g/mol. The minimum atomic E-state index is -0.849. The van der Waals surface area contributed by atoms with Crippen LogP contribution in [0.25, 0.3) is 0 Å². The summed E-state index contributed by atoms with van der Waals surface area (Å²) in [4.78, 5) is 0. The molecule has 3 atom stereocenters. The molecule has 0 spiro atoms. The van der Waals surface area contributed by atoms with Gasteiger partial charge in [-0.2, -0.15) is 0 Å². The van der Waals surface area contributed by atoms with E-state index < -0.39 is 5.60 Å². The first kappa shape index (κ1) is 12.6. The predicted molar refractivity (Wildman–Crippen MR) is 68.7 cm³/mol. The van der Waals surface area contributed by atoms with Gasteiger partial charge < -0.3 is 10.2 Å². The summed E-state index contributed by atoms with van der Waals surface area (Å²) in [5.74, 6) is 0.257. The first-order valence-corrected chi connectivity index (χ1v) is 6.54. The normalized spacial score (nSPS) is 33.6. The van der Waals surface area contributed by atoms with Crippen molar-refractivity contribution in [1.29, 1.82) is 0 Å². The van der Waals surface area contributed by atoms with Gasteiger partial charge in [-0.3, -0.25) is 0 Å². The Labute approximate surface area is 103 Å². The monoisotopic (exact) mass is 234 g/mol. The summed E-state index contributed by atoms with van der Waals surface area (Å²) in [6, 6.07) is 8.04. The lowest BCUT2D eigenvalue weighted by Crippen LogP contribution is -2.42. The van der Waals surface area contributed by atoms with Crippen LogP contribution in [0.2, 0.25) is 0 Å². The van der Waals surface area contributed by atoms with Crippen LogP contribution in [0.3, 0.4) is 0 Å². The van der Waals surface area contributed by atoms with Crippen molar-refractivity contribution >= 4 is 0 Å². The highest BCUT2D eigenvalue weighted by atomic mass is 16.3. The Morgan fingerprint density at radius 2 is 2.12 bits per heavy atom. The van der Waals surface area contributed by atoms with Crippen molar-refractivity contribution in [2.45, 2.75) is 51.2 Å². The molecule has 2 rings (SSSR count). The first-order valence-electron chi connectivity index (χ1n) is 6.54. The van der Waals surface area contributed by atoms with Gasteiger partial charge in [0, 0.05) is 6.42 Å². The molecule has 0 aromatic heterocycles. The largest absolute Gasteiger partial charge is 0.393 e. The van der Waals surface area contributed by atoms with Gasteiger partial charge in [0.1, 0.15) is 0 Å². The topological polar surface area (TPSA) is 40.5 Å². The van der Waals surface area contributed by atoms with Crippen molar-refractivity contribution < 1.29 is 10.2 Å². The highest BCUT2D eigenvalue weighted by molar-refractivity contribution is 5.29. The second-order valence-corrected chi connectivity index (χ2v) is 5.33. The molecule has 2 N–H and O–H groups in total. The number of aryl methyl sites for hydroxylation is 1. The molecule has 94 valence electrons. The number of hydrogen-bond donors (Lipinski definition) is 2. The maximum absolute atomic E-state index is 10.9. The molecule has 0 amide bonds. The van der Waals surface area contributed by atoms with Gasteiger partial charge in [-0.25, -0.2) is 0 Å². The molecule has 0 aliphatic heterocycles. The Balaban J connectivity index is 2.36. The summed E-state index contributed by atoms with van der Waals surface area (Å²) < 4.78 is 0. The molecule has 0 bridgehead atoms. The molecule has 1 aromatic carbocycles. The lowest BCUT2D eigenvalue weighted by atomic mass is 9.69. The van der Waals surface area contributed by atoms with E-state index in [-0.39, 0.29) is 12.0 Å². The van der Waals surface area contributed by atoms with Gasteiger partial charge >= 0.3 is 0 Å². The van der Waals surface area contributed by atoms with E-state index in [1.807, 2.05) is 31.2 Å². The molecule has 0 saturated heterocycles. The standard InChI is InChI=1S/C15H22O2/c1-3-12-7-8-14(16)10-15(12,17)13-6-4-5-11(2)9-13/h4-6,9,12,14,16-17H,3,7-8,10H2,1-2H3/t12-,14+,15+/m1/s1. The van der Waals surface area contributed by atoms with Crippen LogP contribution in [0.4, 0.5) is 0 Å². The average molecular weight is 234 g/mol. The Hall–Kier alpha value is -0.860. The second-order valence-electron chi connectivity index (χ2n) is 5.33. The fraction of sp³-hybridized carbons (Fsp3) is 0.600. The van der Waals surface area contributed by atoms with E-state index in [2.05, 4.69) is 6.92 Å². The van der Waals surface area contributed by atoms with Crippen LogP contribution in [-0.4, -0.2) is 16.3 Å². The van der Waals surface area contributed by atoms with E-state index in [0.717, 1.165) is 30.4 Å². The number of hydrogen-bond acceptors (Lipinski definition) is 2. The van der Waals surface area contributed by atoms with Gasteiger partial charge in [-0.05, 0) is 31.2 Å². The van der Waals surface area contributed by atoms with E-state index in [1.54, 1.807) is 0 Å². The Kier molecular flexibility index (Phi) is 3.55. The zero-order valence-electron chi connectivity index (χ0n) is 10.7. The SMILES string of the molecule is CC[C@@H]1CC[C@H](O)C[C@@]1(O)c1cccc(C)c1. The lowest BCUT2D eigenvalue weighted by molar-refractivity contribution is -0.0949. The van der Waals surface area contributed by atoms with Gasteiger partial charge in [-0.1, -0.05) is 43.2 Å². The predicted octanol–water partition coefficient (Wildman–Crippen LogP) is 2.75. The quantitative estimate of drug-likeness (QED) is 0.826. The first-order chi connectivity index (χ1) is 8.06. The van der Waals surface area contributed by atoms with Crippen molar-refractivity contribution in [1.82, 2.24) is 0 Å². The van der Waals surface area contributed by atoms with Crippen molar-refractivity contribution in [3.63, 3.8) is 0 Å². The molecule has 0 unspecified atom stereocenters. The van der Waals surface area contributed by atoms with Crippen molar-refractivity contribution in [2.24, 2.45) is 5.92 Å². The fourth-order valence-electron chi connectivity index (χ4n) is 3.07. The number of benzene rings is 1. The summed E-state index contributed by atoms with van der Waals surface area (Å²) in [7, 11) is 0. The number of rotatable bonds is 2. The highest BCUT2D eigenvalue weighted by Gasteiger charge is 2.42. The lowest BCUT2D eigenvalue weighted by Gasteiger charge is -2.42. The molecule has 1 saturated carbocycles. The van der Waals surface area contributed by atoms with E-state index in [0.29, 0.717) is 6.42 Å². The summed E-state index contributed by atoms with van der Waals surface area (Å²) in [5, 5.41) is 20.8. The fourth-order valence-corrected chi connectivity index (χ4v) is 3.07. The average Bonchev–Trinajstić information content (AvgIpc) is 2.29. The van der Waals surface area contributed by atoms with Gasteiger partial charge in [0.2, 0.25) is 0 Å². The number of aliphatic hydroxyl groups is 2.